The first-order valence-electron chi connectivity index (χ1n) is 9.15. The molecule has 3 aromatic rings. The average Bonchev–Trinajstić information content (AvgIpc) is 3.17. The highest BCUT2D eigenvalue weighted by Gasteiger charge is 2.16. The van der Waals surface area contributed by atoms with E-state index in [4.69, 9.17) is 4.74 Å². The monoisotopic (exact) mass is 393 g/mol. The highest BCUT2D eigenvalue weighted by molar-refractivity contribution is 5.94. The molecule has 0 saturated carbocycles. The van der Waals surface area contributed by atoms with E-state index >= 15 is 0 Å². The number of ether oxygens (including phenoxy) is 1. The van der Waals surface area contributed by atoms with Gasteiger partial charge in [0.25, 0.3) is 0 Å². The quantitative estimate of drug-likeness (QED) is 0.692. The topological polar surface area (TPSA) is 98.1 Å². The van der Waals surface area contributed by atoms with Gasteiger partial charge in [0.1, 0.15) is 17.8 Å². The Morgan fingerprint density at radius 3 is 2.38 bits per heavy atom. The highest BCUT2D eigenvalue weighted by atomic mass is 16.6. The van der Waals surface area contributed by atoms with Crippen molar-refractivity contribution in [1.82, 2.24) is 20.3 Å². The highest BCUT2D eigenvalue weighted by Crippen LogP contribution is 2.20. The first-order valence-corrected chi connectivity index (χ1v) is 9.15. The lowest BCUT2D eigenvalue weighted by Crippen LogP contribution is -2.37. The van der Waals surface area contributed by atoms with Crippen LogP contribution in [0.25, 0.3) is 16.9 Å². The average molecular weight is 393 g/mol. The standard InChI is InChI=1S/C21H23N5O3/c1-21(2,3)29-20(28)22-13-19(27)23-16-11-9-15(10-12-16)18-14-26(25-24-18)17-7-5-4-6-8-17/h4-12,14H,13H2,1-3H3,(H,22,28)(H,23,27). The number of aromatic nitrogens is 3. The molecule has 29 heavy (non-hydrogen) atoms. The molecule has 0 saturated heterocycles. The third-order valence-corrected chi connectivity index (χ3v) is 3.77. The number of anilines is 1. The van der Waals surface area contributed by atoms with Crippen LogP contribution in [0, 0.1) is 0 Å². The molecule has 2 aromatic carbocycles. The van der Waals surface area contributed by atoms with E-state index in [9.17, 15) is 9.59 Å². The molecule has 2 N–H and O–H groups in total. The smallest absolute Gasteiger partial charge is 0.408 e. The number of hydrogen-bond donors (Lipinski definition) is 2. The van der Waals surface area contributed by atoms with Crippen molar-refractivity contribution in [2.75, 3.05) is 11.9 Å². The lowest BCUT2D eigenvalue weighted by Gasteiger charge is -2.19. The Balaban J connectivity index is 1.56. The van der Waals surface area contributed by atoms with Crippen molar-refractivity contribution in [2.24, 2.45) is 0 Å². The third kappa shape index (κ3) is 5.90. The summed E-state index contributed by atoms with van der Waals surface area (Å²) in [6.45, 7) is 5.09. The largest absolute Gasteiger partial charge is 0.444 e. The maximum atomic E-state index is 12.0. The maximum Gasteiger partial charge on any atom is 0.408 e. The minimum Gasteiger partial charge on any atom is -0.444 e. The van der Waals surface area contributed by atoms with Crippen LogP contribution in [0.2, 0.25) is 0 Å². The van der Waals surface area contributed by atoms with Crippen molar-refractivity contribution >= 4 is 17.7 Å². The zero-order valence-corrected chi connectivity index (χ0v) is 16.5. The Bertz CT molecular complexity index is 976. The lowest BCUT2D eigenvalue weighted by molar-refractivity contribution is -0.115. The number of benzene rings is 2. The van der Waals surface area contributed by atoms with Gasteiger partial charge in [0.05, 0.1) is 11.9 Å². The molecular weight excluding hydrogens is 370 g/mol. The lowest BCUT2D eigenvalue weighted by atomic mass is 10.1. The van der Waals surface area contributed by atoms with Crippen LogP contribution in [0.4, 0.5) is 10.5 Å². The second-order valence-corrected chi connectivity index (χ2v) is 7.36. The van der Waals surface area contributed by atoms with E-state index < -0.39 is 11.7 Å². The summed E-state index contributed by atoms with van der Waals surface area (Å²) in [5, 5.41) is 13.5. The molecule has 0 aliphatic rings. The summed E-state index contributed by atoms with van der Waals surface area (Å²) in [5.74, 6) is -0.348. The van der Waals surface area contributed by atoms with Crippen LogP contribution >= 0.6 is 0 Å². The summed E-state index contributed by atoms with van der Waals surface area (Å²) < 4.78 is 6.79. The van der Waals surface area contributed by atoms with Crippen LogP contribution < -0.4 is 10.6 Å². The van der Waals surface area contributed by atoms with E-state index in [-0.39, 0.29) is 12.5 Å². The zero-order chi connectivity index (χ0) is 20.9. The summed E-state index contributed by atoms with van der Waals surface area (Å²) >= 11 is 0. The van der Waals surface area contributed by atoms with Crippen molar-refractivity contribution < 1.29 is 14.3 Å². The van der Waals surface area contributed by atoms with Gasteiger partial charge in [-0.15, -0.1) is 5.10 Å². The zero-order valence-electron chi connectivity index (χ0n) is 16.5. The fraction of sp³-hybridized carbons (Fsp3) is 0.238. The number of amides is 2. The summed E-state index contributed by atoms with van der Waals surface area (Å²) in [4.78, 5) is 23.6. The molecule has 0 radical (unpaired) electrons. The number of rotatable bonds is 5. The predicted octanol–water partition coefficient (Wildman–Crippen LogP) is 3.40. The van der Waals surface area contributed by atoms with Gasteiger partial charge < -0.3 is 15.4 Å². The van der Waals surface area contributed by atoms with Gasteiger partial charge in [-0.2, -0.15) is 0 Å². The van der Waals surface area contributed by atoms with Crippen LogP contribution in [0.1, 0.15) is 20.8 Å². The van der Waals surface area contributed by atoms with E-state index in [0.29, 0.717) is 5.69 Å². The van der Waals surface area contributed by atoms with Crippen molar-refractivity contribution in [3.8, 4) is 16.9 Å². The van der Waals surface area contributed by atoms with Gasteiger partial charge >= 0.3 is 6.09 Å². The Hall–Kier alpha value is -3.68. The van der Waals surface area contributed by atoms with Crippen molar-refractivity contribution in [1.29, 1.82) is 0 Å². The molecule has 0 atom stereocenters. The third-order valence-electron chi connectivity index (χ3n) is 3.77. The van der Waals surface area contributed by atoms with Crippen LogP contribution in [-0.4, -0.2) is 39.1 Å². The van der Waals surface area contributed by atoms with Crippen LogP contribution in [0.3, 0.4) is 0 Å². The number of nitrogens with zero attached hydrogens (tertiary/aromatic N) is 3. The maximum absolute atomic E-state index is 12.0. The van der Waals surface area contributed by atoms with Gasteiger partial charge in [-0.1, -0.05) is 35.5 Å². The molecule has 0 spiro atoms. The van der Waals surface area contributed by atoms with E-state index in [2.05, 4.69) is 20.9 Å². The van der Waals surface area contributed by atoms with Crippen LogP contribution in [0.15, 0.2) is 60.8 Å². The molecule has 0 bridgehead atoms. The minimum atomic E-state index is -0.635. The molecule has 150 valence electrons. The predicted molar refractivity (Wildman–Crippen MR) is 110 cm³/mol. The van der Waals surface area contributed by atoms with Gasteiger partial charge in [-0.3, -0.25) is 4.79 Å². The van der Waals surface area contributed by atoms with Crippen molar-refractivity contribution in [3.05, 3.63) is 60.8 Å². The molecular formula is C21H23N5O3. The first-order chi connectivity index (χ1) is 13.8. The first kappa shape index (κ1) is 20.1. The molecule has 1 heterocycles. The summed E-state index contributed by atoms with van der Waals surface area (Å²) in [6.07, 6.45) is 1.21. The molecule has 8 nitrogen and oxygen atoms in total. The fourth-order valence-corrected chi connectivity index (χ4v) is 2.50. The Morgan fingerprint density at radius 2 is 1.72 bits per heavy atom. The van der Waals surface area contributed by atoms with Gasteiger partial charge in [0.15, 0.2) is 0 Å². The fourth-order valence-electron chi connectivity index (χ4n) is 2.50. The number of hydrogen-bond acceptors (Lipinski definition) is 5. The van der Waals surface area contributed by atoms with Gasteiger partial charge in [0.2, 0.25) is 5.91 Å². The Kier molecular flexibility index (Phi) is 5.92. The van der Waals surface area contributed by atoms with Crippen molar-refractivity contribution in [2.45, 2.75) is 26.4 Å². The molecule has 2 amide bonds. The summed E-state index contributed by atoms with van der Waals surface area (Å²) in [6, 6.07) is 16.9. The molecule has 8 heteroatoms. The van der Waals surface area contributed by atoms with E-state index in [1.165, 1.54) is 0 Å². The molecule has 0 aliphatic heterocycles. The Morgan fingerprint density at radius 1 is 1.03 bits per heavy atom. The Labute approximate surface area is 168 Å². The van der Waals surface area contributed by atoms with Gasteiger partial charge in [-0.05, 0) is 45.0 Å². The number of para-hydroxylation sites is 1. The minimum absolute atomic E-state index is 0.179. The van der Waals surface area contributed by atoms with E-state index in [1.54, 1.807) is 37.6 Å². The normalized spacial score (nSPS) is 11.0. The van der Waals surface area contributed by atoms with E-state index in [0.717, 1.165) is 16.9 Å². The summed E-state index contributed by atoms with van der Waals surface area (Å²) in [5.41, 5.74) is 2.52. The molecule has 1 aromatic heterocycles. The van der Waals surface area contributed by atoms with Crippen LogP contribution in [-0.2, 0) is 9.53 Å². The number of carbonyl (C=O) groups is 2. The molecule has 0 unspecified atom stereocenters. The SMILES string of the molecule is CC(C)(C)OC(=O)NCC(=O)Nc1ccc(-c2cn(-c3ccccc3)nn2)cc1. The number of alkyl carbamates (subject to hydrolysis) is 1. The molecule has 3 rings (SSSR count). The summed E-state index contributed by atoms with van der Waals surface area (Å²) in [7, 11) is 0. The van der Waals surface area contributed by atoms with Crippen LogP contribution in [0.5, 0.6) is 0 Å². The molecule has 0 fully saturated rings. The molecule has 0 aliphatic carbocycles. The van der Waals surface area contributed by atoms with Gasteiger partial charge in [0, 0.05) is 11.3 Å². The number of nitrogens with one attached hydrogen (secondary N) is 2. The van der Waals surface area contributed by atoms with Crippen molar-refractivity contribution in [3.63, 3.8) is 0 Å². The van der Waals surface area contributed by atoms with Gasteiger partial charge in [-0.25, -0.2) is 9.48 Å². The second kappa shape index (κ2) is 8.55. The second-order valence-electron chi connectivity index (χ2n) is 7.36. The van der Waals surface area contributed by atoms with E-state index in [1.807, 2.05) is 48.7 Å². The number of carbonyl (C=O) groups excluding carboxylic acids is 2.